The fourth-order valence-corrected chi connectivity index (χ4v) is 2.56. The third-order valence-electron chi connectivity index (χ3n) is 3.67. The Balaban J connectivity index is 2.23. The number of methoxy groups -OCH3 is 3. The Kier molecular flexibility index (Phi) is 6.57. The van der Waals surface area contributed by atoms with Crippen LogP contribution < -0.4 is 14.8 Å². The third-order valence-corrected chi connectivity index (χ3v) is 3.67. The molecule has 0 aromatic heterocycles. The fourth-order valence-electron chi connectivity index (χ4n) is 2.56. The van der Waals surface area contributed by atoms with E-state index in [0.717, 1.165) is 11.1 Å². The number of aromatic carboxylic acids is 1. The number of carbonyl (C=O) groups is 2. The molecule has 0 atom stereocenters. The Morgan fingerprint density at radius 3 is 2.38 bits per heavy atom. The molecule has 7 heteroatoms. The molecule has 138 valence electrons. The van der Waals surface area contributed by atoms with Crippen LogP contribution in [0.1, 0.15) is 21.5 Å². The summed E-state index contributed by atoms with van der Waals surface area (Å²) in [5, 5.41) is 11.9. The number of carbonyl (C=O) groups excluding carboxylic acids is 1. The summed E-state index contributed by atoms with van der Waals surface area (Å²) in [5.41, 5.74) is 2.00. The third kappa shape index (κ3) is 4.73. The van der Waals surface area contributed by atoms with Crippen LogP contribution in [0.15, 0.2) is 36.4 Å². The lowest BCUT2D eigenvalue weighted by Gasteiger charge is -2.15. The number of carboxylic acids is 1. The second-order valence-corrected chi connectivity index (χ2v) is 5.54. The Morgan fingerprint density at radius 1 is 1.04 bits per heavy atom. The van der Waals surface area contributed by atoms with Crippen LogP contribution in [-0.2, 0) is 22.6 Å². The van der Waals surface area contributed by atoms with E-state index >= 15 is 0 Å². The summed E-state index contributed by atoms with van der Waals surface area (Å²) in [6, 6.07) is 10.2. The average molecular weight is 359 g/mol. The molecule has 7 nitrogen and oxygen atoms in total. The fraction of sp³-hybridized carbons (Fsp3) is 0.263. The van der Waals surface area contributed by atoms with Crippen molar-refractivity contribution in [2.45, 2.75) is 13.0 Å². The molecule has 0 spiro atoms. The Bertz CT molecular complexity index is 803. The van der Waals surface area contributed by atoms with Crippen molar-refractivity contribution in [3.8, 4) is 11.5 Å². The summed E-state index contributed by atoms with van der Waals surface area (Å²) in [4.78, 5) is 23.7. The van der Waals surface area contributed by atoms with E-state index in [2.05, 4.69) is 5.32 Å². The molecule has 0 saturated heterocycles. The molecule has 2 aromatic carbocycles. The van der Waals surface area contributed by atoms with Crippen LogP contribution in [0.3, 0.4) is 0 Å². The first-order valence-corrected chi connectivity index (χ1v) is 7.84. The zero-order valence-corrected chi connectivity index (χ0v) is 14.9. The van der Waals surface area contributed by atoms with Crippen LogP contribution in [0.4, 0.5) is 5.69 Å². The van der Waals surface area contributed by atoms with Gasteiger partial charge in [-0.2, -0.15) is 0 Å². The van der Waals surface area contributed by atoms with Crippen LogP contribution in [0, 0.1) is 0 Å². The normalized spacial score (nSPS) is 10.3. The number of benzene rings is 2. The summed E-state index contributed by atoms with van der Waals surface area (Å²) in [5.74, 6) is -0.944. The number of ether oxygens (including phenoxy) is 3. The van der Waals surface area contributed by atoms with Crippen molar-refractivity contribution < 1.29 is 28.9 Å². The van der Waals surface area contributed by atoms with Gasteiger partial charge in [0.15, 0.2) is 11.5 Å². The molecule has 2 rings (SSSR count). The molecule has 0 bridgehead atoms. The number of anilines is 1. The molecule has 0 saturated carbocycles. The number of rotatable bonds is 8. The summed E-state index contributed by atoms with van der Waals surface area (Å²) in [6.07, 6.45) is 0.125. The van der Waals surface area contributed by atoms with Gasteiger partial charge in [0, 0.05) is 7.11 Å². The summed E-state index contributed by atoms with van der Waals surface area (Å²) >= 11 is 0. The second-order valence-electron chi connectivity index (χ2n) is 5.54. The first-order valence-electron chi connectivity index (χ1n) is 7.84. The van der Waals surface area contributed by atoms with E-state index in [4.69, 9.17) is 14.2 Å². The molecule has 0 unspecified atom stereocenters. The Hall–Kier alpha value is -3.06. The molecule has 0 fully saturated rings. The van der Waals surface area contributed by atoms with Crippen LogP contribution in [0.5, 0.6) is 11.5 Å². The predicted octanol–water partition coefficient (Wildman–Crippen LogP) is 2.73. The van der Waals surface area contributed by atoms with Crippen LogP contribution in [0.25, 0.3) is 0 Å². The lowest BCUT2D eigenvalue weighted by atomic mass is 10.1. The maximum Gasteiger partial charge on any atom is 0.335 e. The number of nitrogens with one attached hydrogen (secondary N) is 1. The van der Waals surface area contributed by atoms with Crippen molar-refractivity contribution in [2.24, 2.45) is 0 Å². The molecule has 2 N–H and O–H groups in total. The van der Waals surface area contributed by atoms with Crippen LogP contribution >= 0.6 is 0 Å². The van der Waals surface area contributed by atoms with Gasteiger partial charge in [0.05, 0.1) is 38.5 Å². The minimum absolute atomic E-state index is 0.0139. The van der Waals surface area contributed by atoms with E-state index < -0.39 is 5.97 Å². The molecule has 0 aliphatic carbocycles. The maximum absolute atomic E-state index is 12.4. The summed E-state index contributed by atoms with van der Waals surface area (Å²) < 4.78 is 15.5. The minimum Gasteiger partial charge on any atom is -0.493 e. The van der Waals surface area contributed by atoms with Gasteiger partial charge in [0.1, 0.15) is 0 Å². The van der Waals surface area contributed by atoms with Crippen molar-refractivity contribution in [3.05, 3.63) is 53.1 Å². The van der Waals surface area contributed by atoms with Crippen molar-refractivity contribution >= 4 is 17.6 Å². The highest BCUT2D eigenvalue weighted by atomic mass is 16.5. The zero-order chi connectivity index (χ0) is 19.1. The summed E-state index contributed by atoms with van der Waals surface area (Å²) in [6.45, 7) is 0.459. The van der Waals surface area contributed by atoms with Crippen molar-refractivity contribution in [1.82, 2.24) is 0 Å². The Labute approximate surface area is 151 Å². The van der Waals surface area contributed by atoms with Crippen LogP contribution in [0.2, 0.25) is 0 Å². The number of amides is 1. The van der Waals surface area contributed by atoms with Crippen molar-refractivity contribution in [3.63, 3.8) is 0 Å². The van der Waals surface area contributed by atoms with E-state index in [1.807, 2.05) is 24.3 Å². The molecule has 0 radical (unpaired) electrons. The first-order chi connectivity index (χ1) is 12.5. The van der Waals surface area contributed by atoms with E-state index in [9.17, 15) is 14.7 Å². The molecule has 0 heterocycles. The highest BCUT2D eigenvalue weighted by Crippen LogP contribution is 2.36. The average Bonchev–Trinajstić information content (AvgIpc) is 2.61. The molecular formula is C19H21NO6. The molecular weight excluding hydrogens is 338 g/mol. The lowest BCUT2D eigenvalue weighted by molar-refractivity contribution is -0.115. The van der Waals surface area contributed by atoms with Crippen molar-refractivity contribution in [1.29, 1.82) is 0 Å². The maximum atomic E-state index is 12.4. The SMILES string of the molecule is COCc1cccc(CC(=O)Nc2cc(C(=O)O)cc(OC)c2OC)c1. The van der Waals surface area contributed by atoms with Gasteiger partial charge in [0.2, 0.25) is 5.91 Å². The molecule has 26 heavy (non-hydrogen) atoms. The highest BCUT2D eigenvalue weighted by Gasteiger charge is 2.17. The van der Waals surface area contributed by atoms with Crippen molar-refractivity contribution in [2.75, 3.05) is 26.6 Å². The smallest absolute Gasteiger partial charge is 0.335 e. The summed E-state index contributed by atoms with van der Waals surface area (Å²) in [7, 11) is 4.42. The number of hydrogen-bond donors (Lipinski definition) is 2. The monoisotopic (exact) mass is 359 g/mol. The van der Waals surface area contributed by atoms with Gasteiger partial charge >= 0.3 is 5.97 Å². The van der Waals surface area contributed by atoms with Gasteiger partial charge in [-0.15, -0.1) is 0 Å². The van der Waals surface area contributed by atoms with E-state index in [0.29, 0.717) is 6.61 Å². The minimum atomic E-state index is -1.13. The number of carboxylic acid groups (broad SMARTS) is 1. The largest absolute Gasteiger partial charge is 0.493 e. The highest BCUT2D eigenvalue weighted by molar-refractivity contribution is 5.97. The standard InChI is InChI=1S/C19H21NO6/c1-24-11-13-6-4-5-12(7-13)8-17(21)20-15-9-14(19(22)23)10-16(25-2)18(15)26-3/h4-7,9-10H,8,11H2,1-3H3,(H,20,21)(H,22,23). The second kappa shape index (κ2) is 8.87. The van der Waals surface area contributed by atoms with Gasteiger partial charge < -0.3 is 24.6 Å². The van der Waals surface area contributed by atoms with Gasteiger partial charge in [-0.25, -0.2) is 4.79 Å². The zero-order valence-electron chi connectivity index (χ0n) is 14.9. The lowest BCUT2D eigenvalue weighted by Crippen LogP contribution is -2.16. The molecule has 2 aromatic rings. The first kappa shape index (κ1) is 19.3. The number of hydrogen-bond acceptors (Lipinski definition) is 5. The van der Waals surface area contributed by atoms with Gasteiger partial charge in [-0.05, 0) is 23.3 Å². The van der Waals surface area contributed by atoms with E-state index in [1.54, 1.807) is 7.11 Å². The predicted molar refractivity (Wildman–Crippen MR) is 96.0 cm³/mol. The topological polar surface area (TPSA) is 94.1 Å². The van der Waals surface area contributed by atoms with Gasteiger partial charge in [0.25, 0.3) is 0 Å². The van der Waals surface area contributed by atoms with E-state index in [-0.39, 0.29) is 35.1 Å². The Morgan fingerprint density at radius 2 is 1.77 bits per heavy atom. The van der Waals surface area contributed by atoms with Gasteiger partial charge in [-0.1, -0.05) is 24.3 Å². The molecule has 1 amide bonds. The van der Waals surface area contributed by atoms with Crippen LogP contribution in [-0.4, -0.2) is 38.3 Å². The van der Waals surface area contributed by atoms with Gasteiger partial charge in [-0.3, -0.25) is 4.79 Å². The molecule has 0 aliphatic rings. The van der Waals surface area contributed by atoms with E-state index in [1.165, 1.54) is 26.4 Å². The quantitative estimate of drug-likeness (QED) is 0.753. The molecule has 0 aliphatic heterocycles.